The Morgan fingerprint density at radius 3 is 2.68 bits per heavy atom. The van der Waals surface area contributed by atoms with Crippen molar-refractivity contribution in [1.29, 1.82) is 0 Å². The van der Waals surface area contributed by atoms with E-state index in [0.717, 1.165) is 5.56 Å². The van der Waals surface area contributed by atoms with Gasteiger partial charge < -0.3 is 10.2 Å². The lowest BCUT2D eigenvalue weighted by Gasteiger charge is -2.25. The van der Waals surface area contributed by atoms with E-state index >= 15 is 0 Å². The first-order valence-electron chi connectivity index (χ1n) is 8.69. The molecule has 0 radical (unpaired) electrons. The standard InChI is InChI=1S/C17H27N5O3/c1-5-6-22-16(24)14(19-17(22)25)7-15(23)21(9-12(2)3)11-13-8-18-20(4)10-13/h8,10,12,14H,5-7,9,11H2,1-4H3,(H,19,25)/t14-/m1/s1. The number of carbonyl (C=O) groups excluding carboxylic acids is 3. The highest BCUT2D eigenvalue weighted by atomic mass is 16.2. The van der Waals surface area contributed by atoms with Gasteiger partial charge in [0.15, 0.2) is 0 Å². The van der Waals surface area contributed by atoms with Crippen molar-refractivity contribution < 1.29 is 14.4 Å². The Labute approximate surface area is 148 Å². The van der Waals surface area contributed by atoms with Crippen LogP contribution in [-0.4, -0.2) is 56.6 Å². The lowest BCUT2D eigenvalue weighted by atomic mass is 10.1. The van der Waals surface area contributed by atoms with Crippen molar-refractivity contribution in [3.8, 4) is 0 Å². The van der Waals surface area contributed by atoms with E-state index in [1.165, 1.54) is 4.90 Å². The van der Waals surface area contributed by atoms with E-state index in [1.807, 2.05) is 34.0 Å². The van der Waals surface area contributed by atoms with Crippen molar-refractivity contribution in [3.05, 3.63) is 18.0 Å². The molecule has 8 nitrogen and oxygen atoms in total. The molecule has 4 amide bonds. The largest absolute Gasteiger partial charge is 0.338 e. The molecular weight excluding hydrogens is 322 g/mol. The van der Waals surface area contributed by atoms with Gasteiger partial charge in [-0.3, -0.25) is 19.2 Å². The van der Waals surface area contributed by atoms with Crippen molar-refractivity contribution in [2.24, 2.45) is 13.0 Å². The molecule has 1 N–H and O–H groups in total. The zero-order chi connectivity index (χ0) is 18.6. The minimum absolute atomic E-state index is 0.0161. The van der Waals surface area contributed by atoms with Crippen LogP contribution in [-0.2, 0) is 23.2 Å². The Hall–Kier alpha value is -2.38. The number of aryl methyl sites for hydroxylation is 1. The highest BCUT2D eigenvalue weighted by Gasteiger charge is 2.39. The van der Waals surface area contributed by atoms with E-state index < -0.39 is 12.1 Å². The van der Waals surface area contributed by atoms with Gasteiger partial charge in [-0.25, -0.2) is 4.79 Å². The van der Waals surface area contributed by atoms with Gasteiger partial charge in [-0.15, -0.1) is 0 Å². The molecule has 1 saturated heterocycles. The van der Waals surface area contributed by atoms with Crippen LogP contribution in [0.1, 0.15) is 39.2 Å². The van der Waals surface area contributed by atoms with E-state index in [2.05, 4.69) is 10.4 Å². The van der Waals surface area contributed by atoms with Crippen LogP contribution in [0.25, 0.3) is 0 Å². The number of nitrogens with zero attached hydrogens (tertiary/aromatic N) is 4. The molecule has 1 aromatic rings. The average Bonchev–Trinajstić information content (AvgIpc) is 3.05. The number of rotatable bonds is 8. The minimum atomic E-state index is -0.768. The molecule has 2 heterocycles. The third-order valence-electron chi connectivity index (χ3n) is 4.00. The molecule has 0 bridgehead atoms. The second-order valence-corrected chi connectivity index (χ2v) is 6.89. The minimum Gasteiger partial charge on any atom is -0.338 e. The van der Waals surface area contributed by atoms with Crippen molar-refractivity contribution in [3.63, 3.8) is 0 Å². The molecule has 0 aromatic carbocycles. The zero-order valence-corrected chi connectivity index (χ0v) is 15.4. The molecule has 8 heteroatoms. The number of aromatic nitrogens is 2. The SMILES string of the molecule is CCCN1C(=O)N[C@H](CC(=O)N(Cc2cnn(C)c2)CC(C)C)C1=O. The fraction of sp³-hybridized carbons (Fsp3) is 0.647. The molecular formula is C17H27N5O3. The molecule has 1 aliphatic heterocycles. The lowest BCUT2D eigenvalue weighted by molar-refractivity contribution is -0.136. The molecule has 1 aliphatic rings. The summed E-state index contributed by atoms with van der Waals surface area (Å²) in [5, 5.41) is 6.74. The third kappa shape index (κ3) is 4.80. The average molecular weight is 349 g/mol. The maximum Gasteiger partial charge on any atom is 0.324 e. The fourth-order valence-electron chi connectivity index (χ4n) is 2.92. The summed E-state index contributed by atoms with van der Waals surface area (Å²) < 4.78 is 1.69. The molecule has 0 spiro atoms. The molecule has 0 aliphatic carbocycles. The van der Waals surface area contributed by atoms with Crippen LogP contribution in [0.15, 0.2) is 12.4 Å². The van der Waals surface area contributed by atoms with Gasteiger partial charge in [-0.05, 0) is 12.3 Å². The first kappa shape index (κ1) is 19.0. The van der Waals surface area contributed by atoms with Crippen molar-refractivity contribution in [1.82, 2.24) is 24.9 Å². The predicted molar refractivity (Wildman–Crippen MR) is 92.4 cm³/mol. The summed E-state index contributed by atoms with van der Waals surface area (Å²) in [6.45, 7) is 7.38. The van der Waals surface area contributed by atoms with Crippen LogP contribution in [0, 0.1) is 5.92 Å². The number of hydrogen-bond acceptors (Lipinski definition) is 4. The van der Waals surface area contributed by atoms with Crippen molar-refractivity contribution in [2.75, 3.05) is 13.1 Å². The van der Waals surface area contributed by atoms with E-state index in [1.54, 1.807) is 15.8 Å². The van der Waals surface area contributed by atoms with Gasteiger partial charge in [0, 0.05) is 38.4 Å². The van der Waals surface area contributed by atoms with E-state index in [0.29, 0.717) is 32.0 Å². The quantitative estimate of drug-likeness (QED) is 0.713. The Balaban J connectivity index is 2.04. The van der Waals surface area contributed by atoms with Gasteiger partial charge in [-0.1, -0.05) is 20.8 Å². The van der Waals surface area contributed by atoms with Crippen LogP contribution in [0.3, 0.4) is 0 Å². The lowest BCUT2D eigenvalue weighted by Crippen LogP contribution is -2.40. The van der Waals surface area contributed by atoms with Crippen molar-refractivity contribution in [2.45, 2.75) is 46.2 Å². The maximum atomic E-state index is 12.7. The normalized spacial score (nSPS) is 17.3. The number of amides is 4. The van der Waals surface area contributed by atoms with Crippen LogP contribution in [0.4, 0.5) is 4.79 Å². The van der Waals surface area contributed by atoms with Crippen LogP contribution >= 0.6 is 0 Å². The summed E-state index contributed by atoms with van der Waals surface area (Å²) >= 11 is 0. The molecule has 1 aromatic heterocycles. The van der Waals surface area contributed by atoms with Crippen LogP contribution in [0.5, 0.6) is 0 Å². The Morgan fingerprint density at radius 2 is 2.12 bits per heavy atom. The summed E-state index contributed by atoms with van der Waals surface area (Å²) in [7, 11) is 1.83. The number of imide groups is 1. The van der Waals surface area contributed by atoms with Gasteiger partial charge in [0.2, 0.25) is 5.91 Å². The van der Waals surface area contributed by atoms with Crippen molar-refractivity contribution >= 4 is 17.8 Å². The summed E-state index contributed by atoms with van der Waals surface area (Å²) in [5.41, 5.74) is 0.936. The number of nitrogens with one attached hydrogen (secondary N) is 1. The second-order valence-electron chi connectivity index (χ2n) is 6.89. The third-order valence-corrected chi connectivity index (χ3v) is 4.00. The van der Waals surface area contributed by atoms with Gasteiger partial charge in [0.05, 0.1) is 12.6 Å². The summed E-state index contributed by atoms with van der Waals surface area (Å²) in [4.78, 5) is 39.8. The number of carbonyl (C=O) groups is 3. The molecule has 0 unspecified atom stereocenters. The maximum absolute atomic E-state index is 12.7. The number of hydrogen-bond donors (Lipinski definition) is 1. The monoisotopic (exact) mass is 349 g/mol. The smallest absolute Gasteiger partial charge is 0.324 e. The number of urea groups is 1. The summed E-state index contributed by atoms with van der Waals surface area (Å²) in [5.74, 6) is -0.160. The van der Waals surface area contributed by atoms with Gasteiger partial charge >= 0.3 is 6.03 Å². The molecule has 2 rings (SSSR count). The Morgan fingerprint density at radius 1 is 1.40 bits per heavy atom. The highest BCUT2D eigenvalue weighted by Crippen LogP contribution is 2.14. The molecule has 1 atom stereocenters. The topological polar surface area (TPSA) is 87.5 Å². The van der Waals surface area contributed by atoms with Crippen LogP contribution < -0.4 is 5.32 Å². The van der Waals surface area contributed by atoms with Gasteiger partial charge in [0.25, 0.3) is 5.91 Å². The summed E-state index contributed by atoms with van der Waals surface area (Å²) in [6.07, 6.45) is 4.27. The fourth-order valence-corrected chi connectivity index (χ4v) is 2.92. The second kappa shape index (κ2) is 8.13. The van der Waals surface area contributed by atoms with Gasteiger partial charge in [0.1, 0.15) is 6.04 Å². The highest BCUT2D eigenvalue weighted by molar-refractivity contribution is 6.05. The Kier molecular flexibility index (Phi) is 6.17. The van der Waals surface area contributed by atoms with E-state index in [4.69, 9.17) is 0 Å². The summed E-state index contributed by atoms with van der Waals surface area (Å²) in [6, 6.07) is -1.18. The van der Waals surface area contributed by atoms with E-state index in [9.17, 15) is 14.4 Å². The molecule has 138 valence electrons. The van der Waals surface area contributed by atoms with Gasteiger partial charge in [-0.2, -0.15) is 5.10 Å². The molecule has 0 saturated carbocycles. The molecule has 1 fully saturated rings. The zero-order valence-electron chi connectivity index (χ0n) is 15.4. The van der Waals surface area contributed by atoms with Crippen LogP contribution in [0.2, 0.25) is 0 Å². The first-order valence-corrected chi connectivity index (χ1v) is 8.69. The Bertz CT molecular complexity index is 640. The first-order chi connectivity index (χ1) is 11.8. The van der Waals surface area contributed by atoms with E-state index in [-0.39, 0.29) is 18.2 Å². The molecule has 25 heavy (non-hydrogen) atoms. The predicted octanol–water partition coefficient (Wildman–Crippen LogP) is 1.13.